The van der Waals surface area contributed by atoms with Crippen LogP contribution in [-0.2, 0) is 16.1 Å². The first-order chi connectivity index (χ1) is 24.1. The van der Waals surface area contributed by atoms with Gasteiger partial charge in [0.15, 0.2) is 0 Å². The van der Waals surface area contributed by atoms with Crippen molar-refractivity contribution in [2.24, 2.45) is 11.8 Å². The summed E-state index contributed by atoms with van der Waals surface area (Å²) in [6, 6.07) is 4.01. The van der Waals surface area contributed by atoms with Crippen LogP contribution in [0.25, 0.3) is 0 Å². The highest BCUT2D eigenvalue weighted by molar-refractivity contribution is 7.07. The Labute approximate surface area is 294 Å². The molecule has 2 aliphatic rings. The molecule has 5 rings (SSSR count). The highest BCUT2D eigenvalue weighted by Gasteiger charge is 2.36. The van der Waals surface area contributed by atoms with Gasteiger partial charge in [0.25, 0.3) is 11.8 Å². The van der Waals surface area contributed by atoms with Crippen LogP contribution in [0.5, 0.6) is 0 Å². The number of carbonyl (C=O) groups is 4. The molecule has 4 amide bonds. The van der Waals surface area contributed by atoms with Gasteiger partial charge in [0.2, 0.25) is 11.8 Å². The number of nitrogens with one attached hydrogen (secondary N) is 3. The van der Waals surface area contributed by atoms with Crippen LogP contribution in [0, 0.1) is 17.7 Å². The van der Waals surface area contributed by atoms with E-state index in [-0.39, 0.29) is 29.0 Å². The van der Waals surface area contributed by atoms with Gasteiger partial charge in [0, 0.05) is 51.4 Å². The van der Waals surface area contributed by atoms with Crippen LogP contribution in [0.15, 0.2) is 36.7 Å². The Morgan fingerprint density at radius 3 is 2.42 bits per heavy atom. The number of aliphatic hydroxyl groups excluding tert-OH is 1. The van der Waals surface area contributed by atoms with Crippen molar-refractivity contribution in [1.82, 2.24) is 39.8 Å². The van der Waals surface area contributed by atoms with Crippen molar-refractivity contribution in [1.29, 1.82) is 0 Å². The van der Waals surface area contributed by atoms with Crippen molar-refractivity contribution < 1.29 is 28.7 Å². The maximum atomic E-state index is 15.8. The molecular weight excluding hydrogens is 665 g/mol. The third kappa shape index (κ3) is 8.89. The summed E-state index contributed by atoms with van der Waals surface area (Å²) >= 11 is 0.901. The van der Waals surface area contributed by atoms with E-state index >= 15 is 4.39 Å². The van der Waals surface area contributed by atoms with Crippen LogP contribution >= 0.6 is 11.5 Å². The number of carbonyl (C=O) groups excluding carboxylic acids is 4. The van der Waals surface area contributed by atoms with E-state index in [0.29, 0.717) is 56.4 Å². The lowest BCUT2D eigenvalue weighted by molar-refractivity contribution is -0.135. The molecule has 2 fully saturated rings. The van der Waals surface area contributed by atoms with Crippen LogP contribution in [0.1, 0.15) is 78.1 Å². The number of aromatic nitrogens is 4. The molecule has 0 radical (unpaired) electrons. The summed E-state index contributed by atoms with van der Waals surface area (Å²) in [7, 11) is 0. The van der Waals surface area contributed by atoms with Crippen LogP contribution in [0.4, 0.5) is 10.1 Å². The molecule has 50 heavy (non-hydrogen) atoms. The van der Waals surface area contributed by atoms with Gasteiger partial charge >= 0.3 is 0 Å². The van der Waals surface area contributed by atoms with Gasteiger partial charge in [-0.2, -0.15) is 5.10 Å². The zero-order valence-electron chi connectivity index (χ0n) is 28.7. The molecule has 0 unspecified atom stereocenters. The Hall–Kier alpha value is -4.28. The van der Waals surface area contributed by atoms with Crippen molar-refractivity contribution in [2.45, 2.75) is 71.0 Å². The average Bonchev–Trinajstić information content (AvgIpc) is 3.84. The standard InChI is InChI=1S/C34H46FN9O5S/c1-4-44-27(11-12-37-44)31(46)40-30(23-7-5-21(2)6-8-23)33(48)38-26-10-9-24(19-25(26)35)22(3)29(39-32(47)28-20-36-41-50-28)34(49)43-15-13-42(14-16-43)17-18-45/h9-12,19-23,29-30,45H,4-8,13-18H2,1-3H3,(H,38,48)(H,39,47)(H,40,46)/t21?,22-,23?,29+,30-/m0/s1. The van der Waals surface area contributed by atoms with Crippen molar-refractivity contribution in [3.63, 3.8) is 0 Å². The van der Waals surface area contributed by atoms with Crippen LogP contribution < -0.4 is 16.0 Å². The molecule has 0 spiro atoms. The number of benzene rings is 1. The van der Waals surface area contributed by atoms with E-state index in [4.69, 9.17) is 0 Å². The fourth-order valence-electron chi connectivity index (χ4n) is 6.74. The number of hydrogen-bond acceptors (Lipinski definition) is 10. The normalized spacial score (nSPS) is 20.1. The number of hydrogen-bond donors (Lipinski definition) is 4. The number of amides is 4. The minimum atomic E-state index is -1.03. The van der Waals surface area contributed by atoms with E-state index < -0.39 is 41.5 Å². The van der Waals surface area contributed by atoms with Crippen LogP contribution in [0.2, 0.25) is 0 Å². The van der Waals surface area contributed by atoms with Gasteiger partial charge in [-0.1, -0.05) is 37.2 Å². The van der Waals surface area contributed by atoms with E-state index in [0.717, 1.165) is 37.2 Å². The first-order valence-electron chi connectivity index (χ1n) is 17.2. The lowest BCUT2D eigenvalue weighted by atomic mass is 9.79. The van der Waals surface area contributed by atoms with E-state index in [1.807, 2.05) is 6.92 Å². The molecule has 16 heteroatoms. The fourth-order valence-corrected chi connectivity index (χ4v) is 7.16. The first kappa shape index (κ1) is 37.0. The maximum Gasteiger partial charge on any atom is 0.270 e. The van der Waals surface area contributed by atoms with Gasteiger partial charge in [-0.3, -0.25) is 28.8 Å². The molecule has 14 nitrogen and oxygen atoms in total. The summed E-state index contributed by atoms with van der Waals surface area (Å²) < 4.78 is 21.1. The fraction of sp³-hybridized carbons (Fsp3) is 0.559. The van der Waals surface area contributed by atoms with E-state index in [2.05, 4.69) is 42.5 Å². The number of aryl methyl sites for hydroxylation is 1. The second kappa shape index (κ2) is 17.1. The Kier molecular flexibility index (Phi) is 12.6. The highest BCUT2D eigenvalue weighted by atomic mass is 32.1. The summed E-state index contributed by atoms with van der Waals surface area (Å²) in [6.07, 6.45) is 6.20. The van der Waals surface area contributed by atoms with Crippen molar-refractivity contribution >= 4 is 40.8 Å². The van der Waals surface area contributed by atoms with Gasteiger partial charge in [-0.05, 0) is 66.9 Å². The average molecular weight is 712 g/mol. The van der Waals surface area contributed by atoms with Gasteiger partial charge in [-0.15, -0.1) is 5.10 Å². The minimum Gasteiger partial charge on any atom is -0.395 e. The number of β-amino-alcohol motifs (C(OH)–C–C–N with tert-alkyl or cyclic N) is 1. The second-order valence-electron chi connectivity index (χ2n) is 13.1. The number of nitrogens with zero attached hydrogens (tertiary/aromatic N) is 6. The van der Waals surface area contributed by atoms with Gasteiger partial charge < -0.3 is 26.0 Å². The molecule has 0 bridgehead atoms. The molecule has 1 aromatic carbocycles. The Balaban J connectivity index is 1.33. The third-order valence-corrected chi connectivity index (χ3v) is 10.5. The van der Waals surface area contributed by atoms with E-state index in [1.165, 1.54) is 24.5 Å². The van der Waals surface area contributed by atoms with E-state index in [1.54, 1.807) is 28.6 Å². The van der Waals surface area contributed by atoms with Gasteiger partial charge in [0.05, 0.1) is 18.5 Å². The number of piperazine rings is 1. The molecule has 3 aromatic rings. The van der Waals surface area contributed by atoms with Crippen LogP contribution in [-0.4, -0.2) is 109 Å². The molecule has 1 aliphatic carbocycles. The topological polar surface area (TPSA) is 175 Å². The number of halogens is 1. The molecule has 3 heterocycles. The van der Waals surface area contributed by atoms with Crippen molar-refractivity contribution in [3.8, 4) is 0 Å². The molecule has 2 aromatic heterocycles. The zero-order chi connectivity index (χ0) is 35.8. The summed E-state index contributed by atoms with van der Waals surface area (Å²) in [6.45, 7) is 8.78. The molecular formula is C34H46FN9O5S. The third-order valence-electron chi connectivity index (χ3n) is 9.86. The Morgan fingerprint density at radius 1 is 1.04 bits per heavy atom. The largest absolute Gasteiger partial charge is 0.395 e. The molecule has 1 saturated carbocycles. The Morgan fingerprint density at radius 2 is 1.78 bits per heavy atom. The second-order valence-corrected chi connectivity index (χ2v) is 13.9. The van der Waals surface area contributed by atoms with Gasteiger partial charge in [-0.25, -0.2) is 4.39 Å². The van der Waals surface area contributed by atoms with Crippen molar-refractivity contribution in [3.05, 3.63) is 58.6 Å². The minimum absolute atomic E-state index is 0.0229. The van der Waals surface area contributed by atoms with Gasteiger partial charge in [0.1, 0.15) is 28.5 Å². The lowest BCUT2D eigenvalue weighted by Gasteiger charge is -2.37. The molecule has 1 aliphatic heterocycles. The SMILES string of the molecule is CCn1nccc1C(=O)N[C@H](C(=O)Nc1ccc([C@H](C)[C@@H](NC(=O)c2cnns2)C(=O)N2CCN(CCO)CC2)cc1F)C1CCC(C)CC1. The zero-order valence-corrected chi connectivity index (χ0v) is 29.5. The van der Waals surface area contributed by atoms with E-state index in [9.17, 15) is 24.3 Å². The maximum absolute atomic E-state index is 15.8. The monoisotopic (exact) mass is 711 g/mol. The number of rotatable bonds is 13. The summed E-state index contributed by atoms with van der Waals surface area (Å²) in [4.78, 5) is 57.9. The Bertz CT molecular complexity index is 1620. The molecule has 270 valence electrons. The molecule has 3 atom stereocenters. The summed E-state index contributed by atoms with van der Waals surface area (Å²) in [5.41, 5.74) is 0.726. The predicted molar refractivity (Wildman–Crippen MR) is 185 cm³/mol. The van der Waals surface area contributed by atoms with Crippen molar-refractivity contribution in [2.75, 3.05) is 44.6 Å². The number of aliphatic hydroxyl groups is 1. The molecule has 4 N–H and O–H groups in total. The smallest absolute Gasteiger partial charge is 0.270 e. The lowest BCUT2D eigenvalue weighted by Crippen LogP contribution is -2.56. The summed E-state index contributed by atoms with van der Waals surface area (Å²) in [5, 5.41) is 25.6. The summed E-state index contributed by atoms with van der Waals surface area (Å²) in [5.74, 6) is -2.72. The predicted octanol–water partition coefficient (Wildman–Crippen LogP) is 2.50. The molecule has 1 saturated heterocycles. The van der Waals surface area contributed by atoms with Crippen LogP contribution in [0.3, 0.4) is 0 Å². The highest BCUT2D eigenvalue weighted by Crippen LogP contribution is 2.32. The first-order valence-corrected chi connectivity index (χ1v) is 18.0. The number of anilines is 1. The quantitative estimate of drug-likeness (QED) is 0.208.